The summed E-state index contributed by atoms with van der Waals surface area (Å²) < 4.78 is 16.0. The van der Waals surface area contributed by atoms with Gasteiger partial charge in [-0.25, -0.2) is 14.6 Å². The van der Waals surface area contributed by atoms with Gasteiger partial charge >= 0.3 is 11.3 Å². The summed E-state index contributed by atoms with van der Waals surface area (Å²) in [6, 6.07) is 13.6. The van der Waals surface area contributed by atoms with Gasteiger partial charge in [0, 0.05) is 17.5 Å². The molecule has 0 spiro atoms. The van der Waals surface area contributed by atoms with E-state index in [1.165, 1.54) is 6.07 Å². The van der Waals surface area contributed by atoms with E-state index in [4.69, 9.17) is 13.6 Å². The Morgan fingerprint density at radius 2 is 1.84 bits per heavy atom. The number of fused-ring (bicyclic) bond motifs is 2. The van der Waals surface area contributed by atoms with Crippen molar-refractivity contribution in [2.45, 2.75) is 13.5 Å². The minimum Gasteiger partial charge on any atom is -0.484 e. The van der Waals surface area contributed by atoms with E-state index in [0.717, 1.165) is 10.9 Å². The average molecular weight is 335 g/mol. The normalized spacial score (nSPS) is 11.1. The molecule has 0 saturated heterocycles. The van der Waals surface area contributed by atoms with Crippen LogP contribution >= 0.6 is 0 Å². The van der Waals surface area contributed by atoms with E-state index >= 15 is 0 Å². The molecule has 2 heterocycles. The van der Waals surface area contributed by atoms with Crippen LogP contribution in [0.25, 0.3) is 21.9 Å². The summed E-state index contributed by atoms with van der Waals surface area (Å²) in [5.41, 5.74) is 0.960. The zero-order valence-corrected chi connectivity index (χ0v) is 13.3. The molecular weight excluding hydrogens is 322 g/mol. The maximum atomic E-state index is 11.9. The van der Waals surface area contributed by atoms with Gasteiger partial charge in [0.05, 0.1) is 10.9 Å². The summed E-state index contributed by atoms with van der Waals surface area (Å²) in [6.07, 6.45) is 0. The van der Waals surface area contributed by atoms with Gasteiger partial charge in [-0.3, -0.25) is 0 Å². The third-order valence-electron chi connectivity index (χ3n) is 3.86. The van der Waals surface area contributed by atoms with Crippen molar-refractivity contribution in [2.75, 3.05) is 0 Å². The number of hydrogen-bond acceptors (Lipinski definition) is 6. The van der Waals surface area contributed by atoms with E-state index in [1.54, 1.807) is 36.4 Å². The Kier molecular flexibility index (Phi) is 3.57. The van der Waals surface area contributed by atoms with Crippen LogP contribution in [0.4, 0.5) is 0 Å². The van der Waals surface area contributed by atoms with Crippen molar-refractivity contribution in [2.24, 2.45) is 0 Å². The zero-order chi connectivity index (χ0) is 17.4. The fraction of sp³-hybridized carbons (Fsp3) is 0.105. The lowest BCUT2D eigenvalue weighted by molar-refractivity contribution is 0.253. The molecule has 6 nitrogen and oxygen atoms in total. The molecule has 4 aromatic rings. The van der Waals surface area contributed by atoms with E-state index in [0.29, 0.717) is 22.2 Å². The first-order valence-electron chi connectivity index (χ1n) is 7.66. The standard InChI is InChI=1S/C19H13NO5/c1-11-8-18(21)24-16-9-12(6-7-13(11)16)23-10-17-20-15-5-3-2-4-14(15)19(22)25-17/h2-9H,10H2,1H3. The highest BCUT2D eigenvalue weighted by atomic mass is 16.5. The van der Waals surface area contributed by atoms with E-state index in [1.807, 2.05) is 13.0 Å². The Morgan fingerprint density at radius 3 is 2.72 bits per heavy atom. The molecule has 0 atom stereocenters. The molecule has 0 aliphatic heterocycles. The van der Waals surface area contributed by atoms with Crippen molar-refractivity contribution in [3.8, 4) is 5.75 Å². The van der Waals surface area contributed by atoms with Crippen molar-refractivity contribution >= 4 is 21.9 Å². The van der Waals surface area contributed by atoms with Gasteiger partial charge in [-0.2, -0.15) is 0 Å². The predicted octanol–water partition coefficient (Wildman–Crippen LogP) is 3.18. The quantitative estimate of drug-likeness (QED) is 0.535. The molecule has 0 bridgehead atoms. The average Bonchev–Trinajstić information content (AvgIpc) is 2.59. The first-order chi connectivity index (χ1) is 12.1. The molecule has 25 heavy (non-hydrogen) atoms. The number of rotatable bonds is 3. The molecule has 2 aromatic heterocycles. The summed E-state index contributed by atoms with van der Waals surface area (Å²) >= 11 is 0. The molecule has 0 fully saturated rings. The number of hydrogen-bond donors (Lipinski definition) is 0. The van der Waals surface area contributed by atoms with E-state index in [-0.39, 0.29) is 12.5 Å². The summed E-state index contributed by atoms with van der Waals surface area (Å²) in [4.78, 5) is 27.7. The zero-order valence-electron chi connectivity index (χ0n) is 13.3. The highest BCUT2D eigenvalue weighted by Gasteiger charge is 2.08. The highest BCUT2D eigenvalue weighted by Crippen LogP contribution is 2.22. The minimum atomic E-state index is -0.454. The number of para-hydroxylation sites is 1. The minimum absolute atomic E-state index is 0.0123. The second-order valence-electron chi connectivity index (χ2n) is 5.61. The maximum Gasteiger partial charge on any atom is 0.346 e. The molecule has 124 valence electrons. The third-order valence-corrected chi connectivity index (χ3v) is 3.86. The second kappa shape index (κ2) is 5.90. The molecule has 2 aromatic carbocycles. The van der Waals surface area contributed by atoms with Crippen LogP contribution in [0.1, 0.15) is 11.5 Å². The number of nitrogens with zero attached hydrogens (tertiary/aromatic N) is 1. The van der Waals surface area contributed by atoms with Gasteiger partial charge in [0.1, 0.15) is 11.3 Å². The van der Waals surface area contributed by atoms with Gasteiger partial charge in [-0.05, 0) is 36.8 Å². The molecule has 6 heteroatoms. The monoisotopic (exact) mass is 335 g/mol. The molecule has 0 unspecified atom stereocenters. The number of aryl methyl sites for hydroxylation is 1. The number of ether oxygens (including phenoxy) is 1. The lowest BCUT2D eigenvalue weighted by Gasteiger charge is -2.07. The Bertz CT molecular complexity index is 1210. The number of aromatic nitrogens is 1. The fourth-order valence-corrected chi connectivity index (χ4v) is 2.66. The topological polar surface area (TPSA) is 82.5 Å². The van der Waals surface area contributed by atoms with Gasteiger partial charge < -0.3 is 13.6 Å². The van der Waals surface area contributed by atoms with Gasteiger partial charge in [-0.1, -0.05) is 12.1 Å². The molecule has 0 radical (unpaired) electrons. The Labute approximate surface area is 141 Å². The number of benzene rings is 2. The molecule has 4 rings (SSSR count). The molecule has 0 aliphatic carbocycles. The van der Waals surface area contributed by atoms with Crippen LogP contribution in [0.15, 0.2) is 67.0 Å². The van der Waals surface area contributed by atoms with E-state index in [2.05, 4.69) is 4.98 Å². The van der Waals surface area contributed by atoms with Crippen LogP contribution in [0.5, 0.6) is 5.75 Å². The van der Waals surface area contributed by atoms with Crippen LogP contribution in [0.2, 0.25) is 0 Å². The fourth-order valence-electron chi connectivity index (χ4n) is 2.66. The molecular formula is C19H13NO5. The van der Waals surface area contributed by atoms with Crippen LogP contribution < -0.4 is 16.0 Å². The van der Waals surface area contributed by atoms with Crippen LogP contribution in [-0.4, -0.2) is 4.98 Å². The second-order valence-corrected chi connectivity index (χ2v) is 5.61. The molecule has 0 aliphatic rings. The van der Waals surface area contributed by atoms with E-state index < -0.39 is 11.3 Å². The predicted molar refractivity (Wildman–Crippen MR) is 91.8 cm³/mol. The third kappa shape index (κ3) is 2.89. The summed E-state index contributed by atoms with van der Waals surface area (Å²) in [5, 5.41) is 1.26. The van der Waals surface area contributed by atoms with Crippen LogP contribution in [0.3, 0.4) is 0 Å². The Balaban J connectivity index is 1.64. The molecule has 0 N–H and O–H groups in total. The van der Waals surface area contributed by atoms with Crippen molar-refractivity contribution in [3.05, 3.63) is 80.8 Å². The van der Waals surface area contributed by atoms with Gasteiger partial charge in [0.25, 0.3) is 0 Å². The summed E-state index contributed by atoms with van der Waals surface area (Å²) in [5.74, 6) is 0.661. The van der Waals surface area contributed by atoms with Crippen LogP contribution in [-0.2, 0) is 6.61 Å². The molecule has 0 amide bonds. The van der Waals surface area contributed by atoms with Gasteiger partial charge in [0.15, 0.2) is 6.61 Å². The van der Waals surface area contributed by atoms with Crippen molar-refractivity contribution in [3.63, 3.8) is 0 Å². The summed E-state index contributed by atoms with van der Waals surface area (Å²) in [6.45, 7) is 1.83. The maximum absolute atomic E-state index is 11.9. The first-order valence-corrected chi connectivity index (χ1v) is 7.66. The lowest BCUT2D eigenvalue weighted by atomic mass is 10.1. The Hall–Kier alpha value is -3.41. The smallest absolute Gasteiger partial charge is 0.346 e. The van der Waals surface area contributed by atoms with Gasteiger partial charge in [-0.15, -0.1) is 0 Å². The van der Waals surface area contributed by atoms with Crippen LogP contribution in [0, 0.1) is 6.92 Å². The lowest BCUT2D eigenvalue weighted by Crippen LogP contribution is -2.07. The Morgan fingerprint density at radius 1 is 1.00 bits per heavy atom. The largest absolute Gasteiger partial charge is 0.484 e. The van der Waals surface area contributed by atoms with Crippen molar-refractivity contribution in [1.82, 2.24) is 4.98 Å². The molecule has 0 saturated carbocycles. The first kappa shape index (κ1) is 15.1. The van der Waals surface area contributed by atoms with E-state index in [9.17, 15) is 9.59 Å². The van der Waals surface area contributed by atoms with Crippen molar-refractivity contribution in [1.29, 1.82) is 0 Å². The SMILES string of the molecule is Cc1cc(=O)oc2cc(OCc3nc4ccccc4c(=O)o3)ccc12. The summed E-state index contributed by atoms with van der Waals surface area (Å²) in [7, 11) is 0. The highest BCUT2D eigenvalue weighted by molar-refractivity contribution is 5.81. The van der Waals surface area contributed by atoms with Gasteiger partial charge in [0.2, 0.25) is 5.89 Å². The van der Waals surface area contributed by atoms with Crippen molar-refractivity contribution < 1.29 is 13.6 Å².